The zero-order valence-electron chi connectivity index (χ0n) is 17.8. The number of benzene rings is 1. The van der Waals surface area contributed by atoms with Crippen LogP contribution in [0.1, 0.15) is 51.0 Å². The van der Waals surface area contributed by atoms with Crippen molar-refractivity contribution in [2.24, 2.45) is 11.8 Å². The van der Waals surface area contributed by atoms with Crippen LogP contribution in [0.5, 0.6) is 0 Å². The van der Waals surface area contributed by atoms with Gasteiger partial charge in [0.25, 0.3) is 0 Å². The van der Waals surface area contributed by atoms with Crippen molar-refractivity contribution in [1.29, 1.82) is 0 Å². The maximum absolute atomic E-state index is 3.25. The van der Waals surface area contributed by atoms with Crippen molar-refractivity contribution >= 4 is 15.5 Å². The second kappa shape index (κ2) is 15.7. The van der Waals surface area contributed by atoms with Gasteiger partial charge < -0.3 is 6.92 Å². The number of fused-ring (bicyclic) bond motifs is 2. The summed E-state index contributed by atoms with van der Waals surface area (Å²) in [6, 6.07) is 10.1. The Hall–Kier alpha value is -1.12. The fourth-order valence-electron chi connectivity index (χ4n) is 3.89. The minimum absolute atomic E-state index is 0. The van der Waals surface area contributed by atoms with E-state index in [1.165, 1.54) is 44.1 Å². The van der Waals surface area contributed by atoms with Crippen LogP contribution in [0.2, 0.25) is 0 Å². The van der Waals surface area contributed by atoms with E-state index in [1.54, 1.807) is 27.9 Å². The molecule has 0 radical (unpaired) electrons. The van der Waals surface area contributed by atoms with E-state index in [0.29, 0.717) is 0 Å². The Bertz CT molecular complexity index is 657. The molecule has 0 saturated heterocycles. The zero-order chi connectivity index (χ0) is 20.0. The Balaban J connectivity index is 0.000000206. The van der Waals surface area contributed by atoms with Crippen LogP contribution in [0, 0.1) is 31.6 Å². The minimum Gasteiger partial charge on any atom is -0.346 e. The number of rotatable bonds is 1. The zero-order valence-corrected chi connectivity index (χ0v) is 22.8. The number of hydrogen-bond donors (Lipinski definition) is 0. The summed E-state index contributed by atoms with van der Waals surface area (Å²) >= 11 is 0. The smallest absolute Gasteiger partial charge is 0.346 e. The maximum atomic E-state index is 3.25. The molecule has 0 amide bonds. The van der Waals surface area contributed by atoms with Gasteiger partial charge in [-0.3, -0.25) is 0 Å². The third-order valence-electron chi connectivity index (χ3n) is 5.40. The van der Waals surface area contributed by atoms with Gasteiger partial charge in [-0.2, -0.15) is 30.3 Å². The number of allylic oxidation sites excluding steroid dienone is 8. The van der Waals surface area contributed by atoms with Crippen LogP contribution in [-0.4, -0.2) is 15.5 Å². The quantitative estimate of drug-likeness (QED) is 0.283. The fourth-order valence-corrected chi connectivity index (χ4v) is 4.12. The summed E-state index contributed by atoms with van der Waals surface area (Å²) in [5.41, 5.74) is 7.39. The van der Waals surface area contributed by atoms with Gasteiger partial charge in [-0.05, 0) is 24.7 Å². The summed E-state index contributed by atoms with van der Waals surface area (Å²) in [5.74, 6) is 1.77. The summed E-state index contributed by atoms with van der Waals surface area (Å²) in [4.78, 5) is 0. The predicted octanol–water partition coefficient (Wildman–Crippen LogP) is 6.16. The van der Waals surface area contributed by atoms with E-state index in [4.69, 9.17) is 0 Å². The molecule has 2 saturated carbocycles. The van der Waals surface area contributed by atoms with Gasteiger partial charge in [0.2, 0.25) is 0 Å². The van der Waals surface area contributed by atoms with Gasteiger partial charge in [-0.1, -0.05) is 28.8 Å². The Kier molecular flexibility index (Phi) is 14.0. The molecule has 0 spiro atoms. The largest absolute Gasteiger partial charge is 4.00 e. The second-order valence-corrected chi connectivity index (χ2v) is 7.51. The fraction of sp³-hybridized carbons (Fsp3) is 0.333. The van der Waals surface area contributed by atoms with Gasteiger partial charge in [-0.15, -0.1) is 49.3 Å². The molecule has 4 aliphatic rings. The molecule has 0 bridgehead atoms. The van der Waals surface area contributed by atoms with Crippen molar-refractivity contribution in [2.75, 3.05) is 0 Å². The van der Waals surface area contributed by atoms with Gasteiger partial charge in [0, 0.05) is 0 Å². The molecule has 2 heteroatoms. The van der Waals surface area contributed by atoms with Crippen LogP contribution in [0.15, 0.2) is 77.9 Å². The molecule has 2 unspecified atom stereocenters. The van der Waals surface area contributed by atoms with Crippen molar-refractivity contribution in [2.45, 2.75) is 45.4 Å². The van der Waals surface area contributed by atoms with E-state index in [1.807, 2.05) is 30.3 Å². The van der Waals surface area contributed by atoms with Crippen molar-refractivity contribution in [1.82, 2.24) is 0 Å². The molecule has 2 fully saturated rings. The van der Waals surface area contributed by atoms with Gasteiger partial charge in [0.05, 0.1) is 0 Å². The molecule has 0 aromatic heterocycles. The van der Waals surface area contributed by atoms with Crippen molar-refractivity contribution in [3.05, 3.63) is 103 Å². The molecule has 29 heavy (non-hydrogen) atoms. The first kappa shape index (κ1) is 25.9. The summed E-state index contributed by atoms with van der Waals surface area (Å²) in [7, 11) is 1.73. The minimum atomic E-state index is 0. The van der Waals surface area contributed by atoms with Gasteiger partial charge >= 0.3 is 25.8 Å². The molecular weight excluding hydrogens is 531 g/mol. The molecule has 150 valence electrons. The van der Waals surface area contributed by atoms with E-state index in [0.717, 1.165) is 11.8 Å². The maximum Gasteiger partial charge on any atom is 4.00 e. The van der Waals surface area contributed by atoms with Gasteiger partial charge in [-0.25, -0.2) is 36.1 Å². The summed E-state index contributed by atoms with van der Waals surface area (Å²) in [6.45, 7) is 5.00. The monoisotopic (exact) mass is 566 g/mol. The van der Waals surface area contributed by atoms with Crippen LogP contribution < -0.4 is 0 Å². The van der Waals surface area contributed by atoms with E-state index >= 15 is 0 Å². The second-order valence-electron chi connectivity index (χ2n) is 7.16. The Morgan fingerprint density at radius 3 is 1.72 bits per heavy atom. The van der Waals surface area contributed by atoms with E-state index in [-0.39, 0.29) is 25.8 Å². The molecule has 0 nitrogen and oxygen atoms in total. The molecule has 0 aliphatic heterocycles. The average molecular weight is 565 g/mol. The topological polar surface area (TPSA) is 0 Å². The summed E-state index contributed by atoms with van der Waals surface area (Å²) in [6.07, 6.45) is 26.1. The van der Waals surface area contributed by atoms with E-state index in [2.05, 4.69) is 61.9 Å². The molecule has 1 aromatic carbocycles. The predicted molar refractivity (Wildman–Crippen MR) is 128 cm³/mol. The molecule has 5 rings (SSSR count). The number of hydrogen-bond acceptors (Lipinski definition) is 0. The standard InChI is InChI=1S/2C9H11.C7H7Si.C2H5.Hf/c2*1-2-5-9-7-3-6-8(9)4-1;8-6-7-4-2-1-3-5-7;1-2;/h2*1-2,4,6,9H,3,5,7H2;1-5H,8H2;1H2,2H3;/q4*-1;+4. The molecule has 0 heterocycles. The Morgan fingerprint density at radius 2 is 1.34 bits per heavy atom. The summed E-state index contributed by atoms with van der Waals surface area (Å²) < 4.78 is 0. The Morgan fingerprint density at radius 1 is 0.862 bits per heavy atom. The van der Waals surface area contributed by atoms with E-state index in [9.17, 15) is 0 Å². The molecular formula is C27H34HfSi. The van der Waals surface area contributed by atoms with Crippen LogP contribution >= 0.6 is 0 Å². The van der Waals surface area contributed by atoms with Gasteiger partial charge in [0.15, 0.2) is 0 Å². The summed E-state index contributed by atoms with van der Waals surface area (Å²) in [5, 5.41) is 0. The van der Waals surface area contributed by atoms with Crippen LogP contribution in [0.25, 0.3) is 0 Å². The average Bonchev–Trinajstić information content (AvgIpc) is 3.46. The molecule has 0 N–H and O–H groups in total. The molecule has 4 aliphatic carbocycles. The Labute approximate surface area is 201 Å². The van der Waals surface area contributed by atoms with Crippen LogP contribution in [-0.2, 0) is 25.8 Å². The SMILES string of the molecule is C1=CCC2CC[CH-]C2=C1.C1=CCC2CC[CH-]C2=C1.[CH2-]C.[Hf+4].[SiH2]=[C-]c1ccccc1. The van der Waals surface area contributed by atoms with Crippen molar-refractivity contribution in [3.8, 4) is 0 Å². The van der Waals surface area contributed by atoms with Crippen molar-refractivity contribution in [3.63, 3.8) is 0 Å². The normalized spacial score (nSPS) is 21.9. The van der Waals surface area contributed by atoms with Crippen LogP contribution in [0.4, 0.5) is 0 Å². The third kappa shape index (κ3) is 9.05. The van der Waals surface area contributed by atoms with E-state index < -0.39 is 0 Å². The molecule has 2 atom stereocenters. The van der Waals surface area contributed by atoms with Crippen molar-refractivity contribution < 1.29 is 25.8 Å². The third-order valence-corrected chi connectivity index (χ3v) is 5.81. The molecule has 1 aromatic rings. The first-order valence-electron chi connectivity index (χ1n) is 10.6. The van der Waals surface area contributed by atoms with Crippen LogP contribution in [0.3, 0.4) is 0 Å². The first-order chi connectivity index (χ1) is 13.9. The first-order valence-corrected chi connectivity index (χ1v) is 11.3. The van der Waals surface area contributed by atoms with Gasteiger partial charge in [0.1, 0.15) is 0 Å².